The summed E-state index contributed by atoms with van der Waals surface area (Å²) in [5.74, 6) is -0.998. The Morgan fingerprint density at radius 3 is 1.87 bits per heavy atom. The van der Waals surface area contributed by atoms with Crippen molar-refractivity contribution < 1.29 is 58.2 Å². The highest BCUT2D eigenvalue weighted by Gasteiger charge is 2.44. The molecular formula is C31H27F10NO3. The van der Waals surface area contributed by atoms with Crippen LogP contribution < -0.4 is 4.74 Å². The van der Waals surface area contributed by atoms with Crippen LogP contribution in [0, 0.1) is 12.7 Å². The van der Waals surface area contributed by atoms with Crippen molar-refractivity contribution in [3.63, 3.8) is 0 Å². The lowest BCUT2D eigenvalue weighted by Gasteiger charge is -2.26. The molecule has 3 aromatic carbocycles. The molecule has 0 bridgehead atoms. The molecule has 3 aromatic rings. The van der Waals surface area contributed by atoms with Crippen LogP contribution in [-0.2, 0) is 29.8 Å². The lowest BCUT2D eigenvalue weighted by molar-refractivity contribution is -0.143. The van der Waals surface area contributed by atoms with Gasteiger partial charge < -0.3 is 9.47 Å². The van der Waals surface area contributed by atoms with Gasteiger partial charge in [0.05, 0.1) is 29.8 Å². The van der Waals surface area contributed by atoms with Crippen LogP contribution in [0.3, 0.4) is 0 Å². The molecule has 0 spiro atoms. The van der Waals surface area contributed by atoms with E-state index in [0.717, 1.165) is 23.1 Å². The number of hydrogen-bond acceptors (Lipinski definition) is 3. The third kappa shape index (κ3) is 6.84. The summed E-state index contributed by atoms with van der Waals surface area (Å²) < 4.78 is 148. The zero-order valence-electron chi connectivity index (χ0n) is 24.4. The first kappa shape index (κ1) is 33.9. The molecule has 1 heterocycles. The van der Waals surface area contributed by atoms with Gasteiger partial charge in [0.25, 0.3) is 0 Å². The Morgan fingerprint density at radius 2 is 1.38 bits per heavy atom. The SMILES string of the molecule is COc1cc(F)c(C(C)C)cc1-c1c(C)cc(C(F)(F)F)cc1[C@H]1OC(=O)N(Cc2cc(C(F)(F)F)cc(C(F)(F)F)c2)[C@@H]1C. The average Bonchev–Trinajstić information content (AvgIpc) is 3.19. The van der Waals surface area contributed by atoms with Crippen LogP contribution in [0.25, 0.3) is 11.1 Å². The molecule has 4 rings (SSSR count). The summed E-state index contributed by atoms with van der Waals surface area (Å²) in [6.07, 6.45) is -17.7. The average molecular weight is 652 g/mol. The zero-order valence-corrected chi connectivity index (χ0v) is 24.4. The largest absolute Gasteiger partial charge is 0.496 e. The zero-order chi connectivity index (χ0) is 33.8. The van der Waals surface area contributed by atoms with Crippen LogP contribution >= 0.6 is 0 Å². The summed E-state index contributed by atoms with van der Waals surface area (Å²) in [5, 5.41) is 0. The lowest BCUT2D eigenvalue weighted by Crippen LogP contribution is -2.32. The van der Waals surface area contributed by atoms with Gasteiger partial charge in [-0.15, -0.1) is 0 Å². The van der Waals surface area contributed by atoms with E-state index in [4.69, 9.17) is 9.47 Å². The molecule has 1 amide bonds. The van der Waals surface area contributed by atoms with Gasteiger partial charge in [-0.25, -0.2) is 9.18 Å². The van der Waals surface area contributed by atoms with Crippen LogP contribution in [0.1, 0.15) is 71.7 Å². The van der Waals surface area contributed by atoms with Crippen molar-refractivity contribution >= 4 is 6.09 Å². The van der Waals surface area contributed by atoms with Crippen molar-refractivity contribution in [2.75, 3.05) is 7.11 Å². The molecule has 244 valence electrons. The molecule has 2 atom stereocenters. The number of carbonyl (C=O) groups excluding carboxylic acids is 1. The number of alkyl halides is 9. The molecule has 1 aliphatic rings. The normalized spacial score (nSPS) is 17.7. The second-order valence-electron chi connectivity index (χ2n) is 11.1. The van der Waals surface area contributed by atoms with Crippen molar-refractivity contribution in [1.29, 1.82) is 0 Å². The van der Waals surface area contributed by atoms with E-state index in [-0.39, 0.29) is 45.6 Å². The van der Waals surface area contributed by atoms with E-state index in [9.17, 15) is 48.7 Å². The van der Waals surface area contributed by atoms with Gasteiger partial charge in [0, 0.05) is 23.7 Å². The van der Waals surface area contributed by atoms with E-state index in [0.29, 0.717) is 12.1 Å². The molecule has 45 heavy (non-hydrogen) atoms. The summed E-state index contributed by atoms with van der Waals surface area (Å²) in [7, 11) is 1.23. The molecule has 0 N–H and O–H groups in total. The van der Waals surface area contributed by atoms with Crippen LogP contribution in [-0.4, -0.2) is 24.1 Å². The second kappa shape index (κ2) is 11.8. The number of carbonyl (C=O) groups is 1. The van der Waals surface area contributed by atoms with Crippen molar-refractivity contribution in [3.8, 4) is 16.9 Å². The maximum atomic E-state index is 14.8. The number of halogens is 10. The molecule has 14 heteroatoms. The standard InChI is InChI=1S/C31H27F10NO3/c1-14(2)21-11-22(25(44-5)12-24(21)32)26-15(3)6-18(29(33,34)35)10-23(26)27-16(4)42(28(43)45-27)13-17-7-19(30(36,37)38)9-20(8-17)31(39,40)41/h6-12,14,16,27H,13H2,1-5H3/t16-,27+/m1/s1. The number of rotatable bonds is 6. The first-order valence-corrected chi connectivity index (χ1v) is 13.5. The van der Waals surface area contributed by atoms with E-state index in [1.807, 2.05) is 0 Å². The fraction of sp³-hybridized carbons (Fsp3) is 0.387. The quantitative estimate of drug-likeness (QED) is 0.249. The molecular weight excluding hydrogens is 624 g/mol. The Balaban J connectivity index is 1.87. The van der Waals surface area contributed by atoms with Crippen molar-refractivity contribution in [2.45, 2.75) is 70.8 Å². The van der Waals surface area contributed by atoms with Crippen molar-refractivity contribution in [3.05, 3.63) is 87.2 Å². The Morgan fingerprint density at radius 1 is 0.844 bits per heavy atom. The Hall–Kier alpha value is -3.97. The van der Waals surface area contributed by atoms with E-state index in [1.165, 1.54) is 27.0 Å². The molecule has 0 aromatic heterocycles. The number of amides is 1. The third-order valence-electron chi connectivity index (χ3n) is 7.60. The number of methoxy groups -OCH3 is 1. The number of nitrogens with zero attached hydrogens (tertiary/aromatic N) is 1. The van der Waals surface area contributed by atoms with Crippen LogP contribution in [0.2, 0.25) is 0 Å². The first-order chi connectivity index (χ1) is 20.6. The monoisotopic (exact) mass is 651 g/mol. The number of hydrogen-bond donors (Lipinski definition) is 0. The molecule has 4 nitrogen and oxygen atoms in total. The third-order valence-corrected chi connectivity index (χ3v) is 7.60. The van der Waals surface area contributed by atoms with E-state index >= 15 is 0 Å². The van der Waals surface area contributed by atoms with Gasteiger partial charge >= 0.3 is 24.6 Å². The number of cyclic esters (lactones) is 1. The molecule has 1 fully saturated rings. The van der Waals surface area contributed by atoms with Crippen LogP contribution in [0.15, 0.2) is 42.5 Å². The van der Waals surface area contributed by atoms with Gasteiger partial charge in [-0.3, -0.25) is 4.90 Å². The number of ether oxygens (including phenoxy) is 2. The summed E-state index contributed by atoms with van der Waals surface area (Å²) in [4.78, 5) is 13.9. The predicted molar refractivity (Wildman–Crippen MR) is 143 cm³/mol. The van der Waals surface area contributed by atoms with Crippen molar-refractivity contribution in [2.24, 2.45) is 0 Å². The minimum Gasteiger partial charge on any atom is -0.496 e. The Kier molecular flexibility index (Phi) is 8.86. The smallest absolute Gasteiger partial charge is 0.416 e. The molecule has 0 aliphatic carbocycles. The van der Waals surface area contributed by atoms with Crippen LogP contribution in [0.4, 0.5) is 48.7 Å². The molecule has 0 radical (unpaired) electrons. The Bertz CT molecular complexity index is 1580. The predicted octanol–water partition coefficient (Wildman–Crippen LogP) is 10.1. The molecule has 0 unspecified atom stereocenters. The van der Waals surface area contributed by atoms with E-state index < -0.39 is 71.4 Å². The molecule has 1 aliphatic heterocycles. The fourth-order valence-electron chi connectivity index (χ4n) is 5.39. The highest BCUT2D eigenvalue weighted by Crippen LogP contribution is 2.46. The van der Waals surface area contributed by atoms with Crippen molar-refractivity contribution in [1.82, 2.24) is 4.90 Å². The summed E-state index contributed by atoms with van der Waals surface area (Å²) in [5.41, 5.74) is -4.36. The minimum atomic E-state index is -5.14. The van der Waals surface area contributed by atoms with E-state index in [2.05, 4.69) is 0 Å². The highest BCUT2D eigenvalue weighted by molar-refractivity contribution is 5.80. The summed E-state index contributed by atoms with van der Waals surface area (Å²) in [6, 6.07) is 3.79. The minimum absolute atomic E-state index is 0.0292. The van der Waals surface area contributed by atoms with Gasteiger partial charge in [0.2, 0.25) is 0 Å². The Labute approximate surface area is 251 Å². The fourth-order valence-corrected chi connectivity index (χ4v) is 5.39. The maximum Gasteiger partial charge on any atom is 0.416 e. The summed E-state index contributed by atoms with van der Waals surface area (Å²) in [6.45, 7) is 5.34. The van der Waals surface area contributed by atoms with Gasteiger partial charge in [0.1, 0.15) is 17.7 Å². The number of aryl methyl sites for hydroxylation is 1. The number of benzene rings is 3. The second-order valence-corrected chi connectivity index (χ2v) is 11.1. The summed E-state index contributed by atoms with van der Waals surface area (Å²) >= 11 is 0. The highest BCUT2D eigenvalue weighted by atomic mass is 19.4. The first-order valence-electron chi connectivity index (χ1n) is 13.5. The van der Waals surface area contributed by atoms with Gasteiger partial charge in [-0.2, -0.15) is 39.5 Å². The van der Waals surface area contributed by atoms with Gasteiger partial charge in [-0.1, -0.05) is 13.8 Å². The maximum absolute atomic E-state index is 14.8. The van der Waals surface area contributed by atoms with E-state index in [1.54, 1.807) is 13.8 Å². The molecule has 1 saturated heterocycles. The van der Waals surface area contributed by atoms with Gasteiger partial charge in [-0.05, 0) is 78.4 Å². The topological polar surface area (TPSA) is 38.8 Å². The van der Waals surface area contributed by atoms with Gasteiger partial charge in [0.15, 0.2) is 0 Å². The lowest BCUT2D eigenvalue weighted by atomic mass is 9.86. The molecule has 0 saturated carbocycles. The van der Waals surface area contributed by atoms with Crippen LogP contribution in [0.5, 0.6) is 5.75 Å².